The van der Waals surface area contributed by atoms with Crippen molar-refractivity contribution in [1.29, 1.82) is 0 Å². The fraction of sp³-hybridized carbons (Fsp3) is 0.561. The van der Waals surface area contributed by atoms with Crippen LogP contribution < -0.4 is 37.9 Å². The Morgan fingerprint density at radius 2 is 0.661 bits per heavy atom. The summed E-state index contributed by atoms with van der Waals surface area (Å²) in [6.07, 6.45) is 47.4. The van der Waals surface area contributed by atoms with E-state index in [1.54, 1.807) is 63.8 Å². The molecule has 0 aliphatic heterocycles. The largest absolute Gasteiger partial charge is 0.507 e. The van der Waals surface area contributed by atoms with Gasteiger partial charge in [-0.15, -0.1) is 13.2 Å². The number of carbonyl (C=O) groups excluding carboxylic acids is 1. The summed E-state index contributed by atoms with van der Waals surface area (Å²) in [5.74, 6) is 7.54. The second kappa shape index (κ2) is 59.2. The maximum absolute atomic E-state index is 12.5. The number of hydrogen-bond acceptors (Lipinski definition) is 12. The number of benzene rings is 5. The molecule has 3 N–H and O–H groups in total. The molecule has 5 aromatic carbocycles. The van der Waals surface area contributed by atoms with Gasteiger partial charge in [-0.2, -0.15) is 0 Å². The summed E-state index contributed by atoms with van der Waals surface area (Å²) in [5.41, 5.74) is 19.5. The van der Waals surface area contributed by atoms with Gasteiger partial charge in [-0.1, -0.05) is 200 Å². The predicted molar refractivity (Wildman–Crippen MR) is 536 cm³/mol. The molecule has 13 nitrogen and oxygen atoms in total. The zero-order valence-electron chi connectivity index (χ0n) is 83.6. The second-order valence-corrected chi connectivity index (χ2v) is 36.4. The molecule has 3 aliphatic carbocycles. The van der Waals surface area contributed by atoms with Crippen LogP contribution in [0.4, 0.5) is 0 Å². The first-order chi connectivity index (χ1) is 60.8. The average Bonchev–Trinajstić information content (AvgIpc) is 0.770. The zero-order chi connectivity index (χ0) is 94.4. The molecule has 0 heterocycles. The average molecular weight is 1750 g/mol. The van der Waals surface area contributed by atoms with Crippen molar-refractivity contribution in [2.75, 3.05) is 56.9 Å². The van der Waals surface area contributed by atoms with Crippen molar-refractivity contribution in [2.24, 2.45) is 29.6 Å². The van der Waals surface area contributed by atoms with Crippen LogP contribution in [0.5, 0.6) is 57.5 Å². The number of Topliss-reactive ketones (excluding diaryl/α,β-unsaturated/α-hetero) is 1. The van der Waals surface area contributed by atoms with Gasteiger partial charge in [0, 0.05) is 63.3 Å². The van der Waals surface area contributed by atoms with Crippen molar-refractivity contribution < 1.29 is 62.8 Å². The molecule has 0 saturated heterocycles. The van der Waals surface area contributed by atoms with Crippen molar-refractivity contribution >= 4 is 11.8 Å². The number of carbonyl (C=O) groups is 2. The number of ketones is 1. The molecule has 704 valence electrons. The molecule has 0 fully saturated rings. The topological polar surface area (TPSA) is 169 Å². The fourth-order valence-corrected chi connectivity index (χ4v) is 18.5. The van der Waals surface area contributed by atoms with Crippen molar-refractivity contribution in [2.45, 2.75) is 333 Å². The van der Waals surface area contributed by atoms with E-state index in [1.165, 1.54) is 140 Å². The summed E-state index contributed by atoms with van der Waals surface area (Å²) in [5, 5.41) is 31.0. The third-order valence-electron chi connectivity index (χ3n) is 25.7. The third-order valence-corrected chi connectivity index (χ3v) is 25.7. The summed E-state index contributed by atoms with van der Waals surface area (Å²) < 4.78 is 46.1. The number of aromatic hydroxyl groups is 2. The Labute approximate surface area is 771 Å². The minimum absolute atomic E-state index is 0.0194. The van der Waals surface area contributed by atoms with E-state index in [-0.39, 0.29) is 52.8 Å². The van der Waals surface area contributed by atoms with Crippen molar-refractivity contribution in [1.82, 2.24) is 0 Å². The zero-order valence-corrected chi connectivity index (χ0v) is 83.6. The highest BCUT2D eigenvalue weighted by Crippen LogP contribution is 2.52. The van der Waals surface area contributed by atoms with E-state index < -0.39 is 11.9 Å². The molecule has 0 amide bonds. The van der Waals surface area contributed by atoms with Crippen LogP contribution in [0, 0.1) is 29.6 Å². The molecule has 127 heavy (non-hydrogen) atoms. The number of aliphatic carboxylic acids is 1. The van der Waals surface area contributed by atoms with Gasteiger partial charge >= 0.3 is 5.97 Å². The Morgan fingerprint density at radius 1 is 0.394 bits per heavy atom. The molecule has 0 unspecified atom stereocenters. The van der Waals surface area contributed by atoms with E-state index in [0.717, 1.165) is 163 Å². The second-order valence-electron chi connectivity index (χ2n) is 36.4. The summed E-state index contributed by atoms with van der Waals surface area (Å²) in [6.45, 7) is 49.9. The highest BCUT2D eigenvalue weighted by molar-refractivity contribution is 5.80. The van der Waals surface area contributed by atoms with Gasteiger partial charge in [-0.05, 0) is 304 Å². The number of allylic oxidation sites excluding steroid dienone is 14. The van der Waals surface area contributed by atoms with Crippen LogP contribution in [0.25, 0.3) is 0 Å². The number of phenols is 2. The van der Waals surface area contributed by atoms with E-state index in [2.05, 4.69) is 156 Å². The molecular formula is C114H170O13. The molecule has 0 bridgehead atoms. The standard InChI is InChI=1S/C25H38O3.C24H36O4.C23H34O2.C21H32O2.C21H30O2/c1-8-10-11-13-20-16-23(27-6)25(24(17-20)28-7)22(12-9-2)21(19(5)26)15-14-18(3)4;1-7-9-10-12-18-15-21(27-5)23(22(16-18)28-6)19(11-8-2)20(24(25)26)14-13-17(3)4;1-7-8-9-10-18-14-21(24-5)23(22(15-18)25-6)20-13-17(4)11-12-19(20)16(2)3;1-6-7-8-9-17-13-19(22-4)21(20(14-17)23-5)18-12-15(2)10-11-16(18)3;1-5-6-7-8-16-12-19(22)21(20(23)13-16)18-11-15(4)9-10-17(18)14(2)3/h9,12,16-17,21-22H,3,8,10-11,13-15H2,1-2,4-7H3;8,11,15-16,19-20H,3,7,9-10,12-14H2,1-2,4-6H3,(H,25,26);13-15,19-20H,2,7-12H2,1,3-6H3;12-14,16,18H,6-11H2,1-5H3;11-13,17-18,22-23H,2,5-10H2,1,3-4H3/b12-9+;11-8+;;;/t21-,22+;19-,20-;19-,20+;16-,18-;17-,18+/m01010/s1. The number of rotatable bonds is 47. The van der Waals surface area contributed by atoms with Crippen molar-refractivity contribution in [3.05, 3.63) is 224 Å². The molecule has 3 aliphatic rings. The fourth-order valence-electron chi connectivity index (χ4n) is 18.5. The van der Waals surface area contributed by atoms with Crippen LogP contribution in [0.15, 0.2) is 169 Å². The first-order valence-electron chi connectivity index (χ1n) is 48.0. The molecule has 0 saturated carbocycles. The first-order valence-corrected chi connectivity index (χ1v) is 48.0. The number of phenolic OH excluding ortho intramolecular Hbond substituents is 2. The van der Waals surface area contributed by atoms with E-state index in [0.29, 0.717) is 47.7 Å². The Kier molecular flexibility index (Phi) is 51.4. The lowest BCUT2D eigenvalue weighted by atomic mass is 9.73. The number of ether oxygens (including phenoxy) is 8. The minimum atomic E-state index is -0.819. The van der Waals surface area contributed by atoms with Crippen LogP contribution in [-0.4, -0.2) is 84.0 Å². The summed E-state index contributed by atoms with van der Waals surface area (Å²) in [7, 11) is 13.7. The van der Waals surface area contributed by atoms with Crippen LogP contribution in [0.1, 0.15) is 357 Å². The highest BCUT2D eigenvalue weighted by atomic mass is 16.5. The number of unbranched alkanes of at least 4 members (excludes halogenated alkanes) is 10. The van der Waals surface area contributed by atoms with Gasteiger partial charge in [0.25, 0.3) is 0 Å². The molecule has 13 heteroatoms. The van der Waals surface area contributed by atoms with Crippen LogP contribution in [0.2, 0.25) is 0 Å². The van der Waals surface area contributed by atoms with E-state index in [9.17, 15) is 24.9 Å². The maximum Gasteiger partial charge on any atom is 0.307 e. The molecule has 0 radical (unpaired) electrons. The smallest absolute Gasteiger partial charge is 0.307 e. The molecule has 0 spiro atoms. The van der Waals surface area contributed by atoms with Gasteiger partial charge in [0.05, 0.1) is 62.8 Å². The Hall–Kier alpha value is -9.10. The van der Waals surface area contributed by atoms with Crippen LogP contribution in [-0.2, 0) is 41.7 Å². The predicted octanol–water partition coefficient (Wildman–Crippen LogP) is 31.0. The van der Waals surface area contributed by atoms with Gasteiger partial charge in [0.2, 0.25) is 0 Å². The highest BCUT2D eigenvalue weighted by Gasteiger charge is 2.36. The lowest BCUT2D eigenvalue weighted by Crippen LogP contribution is -2.22. The number of methoxy groups -OCH3 is 8. The maximum atomic E-state index is 12.5. The van der Waals surface area contributed by atoms with E-state index >= 15 is 0 Å². The van der Waals surface area contributed by atoms with Gasteiger partial charge in [-0.25, -0.2) is 0 Å². The van der Waals surface area contributed by atoms with Gasteiger partial charge < -0.3 is 53.2 Å². The molecule has 8 rings (SSSR count). The minimum Gasteiger partial charge on any atom is -0.507 e. The van der Waals surface area contributed by atoms with Gasteiger partial charge in [0.1, 0.15) is 63.3 Å². The molecule has 0 aromatic heterocycles. The van der Waals surface area contributed by atoms with Gasteiger partial charge in [0.15, 0.2) is 0 Å². The van der Waals surface area contributed by atoms with E-state index in [1.807, 2.05) is 77.1 Å². The van der Waals surface area contributed by atoms with E-state index in [4.69, 9.17) is 37.9 Å². The first kappa shape index (κ1) is 110. The monoisotopic (exact) mass is 1750 g/mol. The Balaban J connectivity index is 0.000000333. The summed E-state index contributed by atoms with van der Waals surface area (Å²) in [6, 6.07) is 20.8. The van der Waals surface area contributed by atoms with Crippen molar-refractivity contribution in [3.63, 3.8) is 0 Å². The Bertz CT molecular complexity index is 4160. The van der Waals surface area contributed by atoms with Crippen molar-refractivity contribution in [3.8, 4) is 57.5 Å². The summed E-state index contributed by atoms with van der Waals surface area (Å²) >= 11 is 0. The molecule has 10 atom stereocenters. The normalized spacial score (nSPS) is 17.5. The Morgan fingerprint density at radius 3 is 0.937 bits per heavy atom. The molecule has 5 aromatic rings. The quantitative estimate of drug-likeness (QED) is 0.0249. The lowest BCUT2D eigenvalue weighted by Gasteiger charge is -2.32. The number of hydrogen-bond donors (Lipinski definition) is 3. The number of carboxylic acid groups (broad SMARTS) is 1. The third kappa shape index (κ3) is 34.7. The van der Waals surface area contributed by atoms with Crippen LogP contribution >= 0.6 is 0 Å². The lowest BCUT2D eigenvalue weighted by molar-refractivity contribution is -0.142. The number of aryl methyl sites for hydroxylation is 5. The SMILES string of the molecule is C=C(C)CC[C@@H](C(=O)O)[C@@H](/C=C/C)c1c(OC)cc(CCCCC)cc1OC.C=C(C)CC[C@@H](C(C)=O)[C@@H](/C=C/C)c1c(OC)cc(CCCCC)cc1OC.C=C(C)[C@@H]1CCC(C)=C[C@H]1c1c(O)cc(CCCCC)cc1O.C=C(C)[C@@H]1CCC(C)=C[C@H]1c1c(OC)cc(CCCCC)cc1OC.CCCCCc1cc(OC)c([C@@H]2C=C(C)CC[C@H]2C)c(OC)c1. The number of carboxylic acids is 1. The van der Waals surface area contributed by atoms with Gasteiger partial charge in [-0.3, -0.25) is 9.59 Å². The molecular weight excluding hydrogens is 1580 g/mol. The summed E-state index contributed by atoms with van der Waals surface area (Å²) in [4.78, 5) is 24.6. The van der Waals surface area contributed by atoms with Crippen LogP contribution in [0.3, 0.4) is 0 Å².